The molecule has 0 unspecified atom stereocenters. The van der Waals surface area contributed by atoms with Gasteiger partial charge in [-0.25, -0.2) is 5.43 Å². The first-order chi connectivity index (χ1) is 10.6. The van der Waals surface area contributed by atoms with Gasteiger partial charge in [0, 0.05) is 18.1 Å². The summed E-state index contributed by atoms with van der Waals surface area (Å²) in [6.07, 6.45) is 10.0. The number of unbranched alkanes of at least 4 members (excludes halogenated alkanes) is 6. The molecule has 1 rings (SSSR count). The number of nitrogens with zero attached hydrogens (tertiary/aromatic N) is 1. The van der Waals surface area contributed by atoms with E-state index in [2.05, 4.69) is 17.5 Å². The van der Waals surface area contributed by atoms with Crippen molar-refractivity contribution in [2.45, 2.75) is 58.3 Å². The van der Waals surface area contributed by atoms with Crippen LogP contribution in [-0.4, -0.2) is 22.3 Å². The molecule has 0 radical (unpaired) electrons. The number of carbonyl (C=O) groups is 1. The van der Waals surface area contributed by atoms with E-state index in [0.717, 1.165) is 12.8 Å². The lowest BCUT2D eigenvalue weighted by atomic mass is 10.1. The van der Waals surface area contributed by atoms with Crippen molar-refractivity contribution < 1.29 is 15.0 Å². The minimum atomic E-state index is -0.122. The fourth-order valence-electron chi connectivity index (χ4n) is 2.11. The maximum absolute atomic E-state index is 11.6. The summed E-state index contributed by atoms with van der Waals surface area (Å²) in [5.74, 6) is -0.217. The molecule has 122 valence electrons. The number of nitrogens with one attached hydrogen (secondary N) is 1. The molecule has 0 fully saturated rings. The Balaban J connectivity index is 2.16. The molecule has 1 aromatic carbocycles. The maximum atomic E-state index is 11.6. The highest BCUT2D eigenvalue weighted by atomic mass is 16.3. The number of aromatic hydroxyl groups is 2. The summed E-state index contributed by atoms with van der Waals surface area (Å²) in [4.78, 5) is 11.6. The second-order valence-electron chi connectivity index (χ2n) is 5.41. The Morgan fingerprint density at radius 2 is 1.82 bits per heavy atom. The highest BCUT2D eigenvalue weighted by molar-refractivity contribution is 5.85. The molecular formula is C17H26N2O3. The van der Waals surface area contributed by atoms with Gasteiger partial charge in [0.1, 0.15) is 11.5 Å². The van der Waals surface area contributed by atoms with Crippen molar-refractivity contribution in [2.24, 2.45) is 5.10 Å². The lowest BCUT2D eigenvalue weighted by Gasteiger charge is -2.02. The van der Waals surface area contributed by atoms with Gasteiger partial charge in [0.15, 0.2) is 0 Å². The number of hydrogen-bond acceptors (Lipinski definition) is 4. The molecule has 0 aromatic heterocycles. The topological polar surface area (TPSA) is 81.9 Å². The van der Waals surface area contributed by atoms with E-state index >= 15 is 0 Å². The van der Waals surface area contributed by atoms with Crippen LogP contribution in [0.15, 0.2) is 23.3 Å². The summed E-state index contributed by atoms with van der Waals surface area (Å²) in [5.41, 5.74) is 2.88. The molecule has 1 amide bonds. The molecule has 0 heterocycles. The van der Waals surface area contributed by atoms with E-state index in [1.807, 2.05) is 0 Å². The van der Waals surface area contributed by atoms with Gasteiger partial charge in [0.25, 0.3) is 0 Å². The van der Waals surface area contributed by atoms with E-state index in [4.69, 9.17) is 5.11 Å². The quantitative estimate of drug-likeness (QED) is 0.350. The van der Waals surface area contributed by atoms with E-state index in [-0.39, 0.29) is 17.4 Å². The maximum Gasteiger partial charge on any atom is 0.240 e. The minimum Gasteiger partial charge on any atom is -0.508 e. The van der Waals surface area contributed by atoms with E-state index in [0.29, 0.717) is 12.0 Å². The van der Waals surface area contributed by atoms with Crippen LogP contribution in [0.2, 0.25) is 0 Å². The van der Waals surface area contributed by atoms with Gasteiger partial charge in [0.2, 0.25) is 5.91 Å². The number of hydrazone groups is 1. The normalized spacial score (nSPS) is 11.0. The third-order valence-corrected chi connectivity index (χ3v) is 3.41. The standard InChI is InChI=1S/C17H26N2O3/c1-2-3-4-5-6-7-8-9-17(22)19-18-13-14-10-11-15(20)12-16(14)21/h10-13,20-21H,2-9H2,1H3,(H,19,22)/b18-13+. The van der Waals surface area contributed by atoms with Gasteiger partial charge >= 0.3 is 0 Å². The summed E-state index contributed by atoms with van der Waals surface area (Å²) in [5, 5.41) is 22.5. The number of phenols is 2. The number of amides is 1. The molecule has 5 nitrogen and oxygen atoms in total. The molecule has 0 aliphatic carbocycles. The second kappa shape index (κ2) is 10.7. The second-order valence-corrected chi connectivity index (χ2v) is 5.41. The zero-order valence-electron chi connectivity index (χ0n) is 13.2. The Morgan fingerprint density at radius 3 is 2.50 bits per heavy atom. The zero-order chi connectivity index (χ0) is 16.2. The fraction of sp³-hybridized carbons (Fsp3) is 0.529. The lowest BCUT2D eigenvalue weighted by molar-refractivity contribution is -0.121. The smallest absolute Gasteiger partial charge is 0.240 e. The van der Waals surface area contributed by atoms with Gasteiger partial charge in [0.05, 0.1) is 6.21 Å². The molecule has 0 atom stereocenters. The molecule has 0 bridgehead atoms. The van der Waals surface area contributed by atoms with Crippen LogP contribution in [0.25, 0.3) is 0 Å². The van der Waals surface area contributed by atoms with Crippen LogP contribution in [-0.2, 0) is 4.79 Å². The van der Waals surface area contributed by atoms with Gasteiger partial charge in [-0.2, -0.15) is 5.10 Å². The molecule has 3 N–H and O–H groups in total. The van der Waals surface area contributed by atoms with Crippen LogP contribution < -0.4 is 5.43 Å². The Hall–Kier alpha value is -2.04. The third-order valence-electron chi connectivity index (χ3n) is 3.41. The molecule has 0 saturated heterocycles. The molecule has 5 heteroatoms. The number of carbonyl (C=O) groups excluding carboxylic acids is 1. The average Bonchev–Trinajstić information content (AvgIpc) is 2.48. The highest BCUT2D eigenvalue weighted by Gasteiger charge is 2.01. The van der Waals surface area contributed by atoms with Gasteiger partial charge < -0.3 is 10.2 Å². The molecule has 22 heavy (non-hydrogen) atoms. The lowest BCUT2D eigenvalue weighted by Crippen LogP contribution is -2.16. The number of rotatable bonds is 10. The number of phenolic OH excluding ortho intramolecular Hbond substituents is 2. The molecule has 0 aliphatic rings. The largest absolute Gasteiger partial charge is 0.508 e. The van der Waals surface area contributed by atoms with Crippen LogP contribution in [0.3, 0.4) is 0 Å². The fourth-order valence-corrected chi connectivity index (χ4v) is 2.11. The Kier molecular flexibility index (Phi) is 8.72. The van der Waals surface area contributed by atoms with Crippen LogP contribution >= 0.6 is 0 Å². The first-order valence-corrected chi connectivity index (χ1v) is 7.97. The summed E-state index contributed by atoms with van der Waals surface area (Å²) >= 11 is 0. The minimum absolute atomic E-state index is 0.0161. The molecule has 0 aliphatic heterocycles. The van der Waals surface area contributed by atoms with E-state index in [1.165, 1.54) is 56.5 Å². The zero-order valence-corrected chi connectivity index (χ0v) is 13.2. The summed E-state index contributed by atoms with van der Waals surface area (Å²) in [7, 11) is 0. The molecule has 1 aromatic rings. The summed E-state index contributed by atoms with van der Waals surface area (Å²) in [6.45, 7) is 2.20. The summed E-state index contributed by atoms with van der Waals surface area (Å²) in [6, 6.07) is 4.19. The van der Waals surface area contributed by atoms with Crippen molar-refractivity contribution in [1.29, 1.82) is 0 Å². The van der Waals surface area contributed by atoms with Gasteiger partial charge in [-0.05, 0) is 18.6 Å². The van der Waals surface area contributed by atoms with E-state index < -0.39 is 0 Å². The van der Waals surface area contributed by atoms with E-state index in [1.54, 1.807) is 0 Å². The summed E-state index contributed by atoms with van der Waals surface area (Å²) < 4.78 is 0. The van der Waals surface area contributed by atoms with Gasteiger partial charge in [-0.3, -0.25) is 4.79 Å². The first-order valence-electron chi connectivity index (χ1n) is 7.97. The van der Waals surface area contributed by atoms with Crippen LogP contribution in [0.5, 0.6) is 11.5 Å². The average molecular weight is 306 g/mol. The number of hydrogen-bond donors (Lipinski definition) is 3. The third kappa shape index (κ3) is 7.67. The van der Waals surface area contributed by atoms with Crippen molar-refractivity contribution in [2.75, 3.05) is 0 Å². The SMILES string of the molecule is CCCCCCCCCC(=O)N/N=C/c1ccc(O)cc1O. The van der Waals surface area contributed by atoms with Gasteiger partial charge in [-0.1, -0.05) is 45.4 Å². The van der Waals surface area contributed by atoms with Crippen LogP contribution in [0, 0.1) is 0 Å². The Labute approximate surface area is 132 Å². The molecule has 0 spiro atoms. The Morgan fingerprint density at radius 1 is 1.14 bits per heavy atom. The van der Waals surface area contributed by atoms with Gasteiger partial charge in [-0.15, -0.1) is 0 Å². The molecular weight excluding hydrogens is 280 g/mol. The van der Waals surface area contributed by atoms with E-state index in [9.17, 15) is 9.90 Å². The predicted molar refractivity (Wildman–Crippen MR) is 88.1 cm³/mol. The van der Waals surface area contributed by atoms with Crippen LogP contribution in [0.4, 0.5) is 0 Å². The van der Waals surface area contributed by atoms with Crippen molar-refractivity contribution in [3.8, 4) is 11.5 Å². The van der Waals surface area contributed by atoms with Crippen molar-refractivity contribution in [3.05, 3.63) is 23.8 Å². The van der Waals surface area contributed by atoms with Crippen molar-refractivity contribution >= 4 is 12.1 Å². The van der Waals surface area contributed by atoms with Crippen molar-refractivity contribution in [3.63, 3.8) is 0 Å². The highest BCUT2D eigenvalue weighted by Crippen LogP contribution is 2.20. The monoisotopic (exact) mass is 306 g/mol. The predicted octanol–water partition coefficient (Wildman–Crippen LogP) is 3.69. The molecule has 0 saturated carbocycles. The first kappa shape index (κ1) is 18.0. The number of benzene rings is 1. The van der Waals surface area contributed by atoms with Crippen LogP contribution in [0.1, 0.15) is 63.9 Å². The Bertz CT molecular complexity index is 487. The van der Waals surface area contributed by atoms with Crippen molar-refractivity contribution in [1.82, 2.24) is 5.43 Å².